The Hall–Kier alpha value is -3.86. The van der Waals surface area contributed by atoms with Crippen LogP contribution in [0.15, 0.2) is 72.3 Å². The second kappa shape index (κ2) is 9.06. The normalized spacial score (nSPS) is 17.7. The minimum atomic E-state index is -0.800. The predicted molar refractivity (Wildman–Crippen MR) is 139 cm³/mol. The van der Waals surface area contributed by atoms with Crippen LogP contribution in [0.2, 0.25) is 0 Å². The quantitative estimate of drug-likeness (QED) is 0.279. The lowest BCUT2D eigenvalue weighted by atomic mass is 9.87. The van der Waals surface area contributed by atoms with E-state index < -0.39 is 17.7 Å². The summed E-state index contributed by atoms with van der Waals surface area (Å²) >= 11 is 0. The van der Waals surface area contributed by atoms with Crippen molar-refractivity contribution >= 4 is 23.1 Å². The van der Waals surface area contributed by atoms with E-state index in [0.717, 1.165) is 16.7 Å². The summed E-state index contributed by atoms with van der Waals surface area (Å²) in [4.78, 5) is 28.3. The minimum absolute atomic E-state index is 0.0540. The summed E-state index contributed by atoms with van der Waals surface area (Å²) in [6, 6.07) is 19.8. The molecule has 1 N–H and O–H groups in total. The van der Waals surface area contributed by atoms with Crippen molar-refractivity contribution in [2.75, 3.05) is 12.0 Å². The second-order valence-electron chi connectivity index (χ2n) is 10.1. The van der Waals surface area contributed by atoms with E-state index >= 15 is 0 Å². The maximum atomic E-state index is 13.4. The van der Waals surface area contributed by atoms with Crippen molar-refractivity contribution in [2.24, 2.45) is 0 Å². The van der Waals surface area contributed by atoms with Crippen LogP contribution in [0.3, 0.4) is 0 Å². The van der Waals surface area contributed by atoms with Gasteiger partial charge >= 0.3 is 0 Å². The lowest BCUT2D eigenvalue weighted by Gasteiger charge is -2.27. The molecule has 1 unspecified atom stereocenters. The van der Waals surface area contributed by atoms with E-state index in [-0.39, 0.29) is 16.7 Å². The van der Waals surface area contributed by atoms with E-state index in [1.54, 1.807) is 19.2 Å². The number of carbonyl (C=O) groups excluding carboxylic acids is 2. The number of carbonyl (C=O) groups is 2. The smallest absolute Gasteiger partial charge is 0.300 e. The number of hydrogen-bond acceptors (Lipinski definition) is 4. The Morgan fingerprint density at radius 3 is 2.26 bits per heavy atom. The van der Waals surface area contributed by atoms with Crippen LogP contribution in [0.4, 0.5) is 5.69 Å². The Morgan fingerprint density at radius 1 is 0.943 bits per heavy atom. The molecule has 1 aliphatic heterocycles. The summed E-state index contributed by atoms with van der Waals surface area (Å²) in [6.45, 7) is 10.2. The molecule has 0 aromatic heterocycles. The minimum Gasteiger partial charge on any atom is -0.507 e. The first-order valence-corrected chi connectivity index (χ1v) is 11.7. The number of hydrogen-bond donors (Lipinski definition) is 1. The van der Waals surface area contributed by atoms with Crippen molar-refractivity contribution in [1.82, 2.24) is 0 Å². The Bertz CT molecular complexity index is 1330. The zero-order valence-corrected chi connectivity index (χ0v) is 21.0. The number of rotatable bonds is 4. The zero-order valence-electron chi connectivity index (χ0n) is 21.0. The molecule has 1 fully saturated rings. The fraction of sp³-hybridized carbons (Fsp3) is 0.267. The Morgan fingerprint density at radius 2 is 1.63 bits per heavy atom. The average molecular weight is 470 g/mol. The largest absolute Gasteiger partial charge is 0.507 e. The molecule has 3 aromatic rings. The Balaban J connectivity index is 1.95. The van der Waals surface area contributed by atoms with E-state index in [1.807, 2.05) is 68.4 Å². The first-order valence-electron chi connectivity index (χ1n) is 11.7. The van der Waals surface area contributed by atoms with Crippen molar-refractivity contribution in [1.29, 1.82) is 0 Å². The van der Waals surface area contributed by atoms with Crippen LogP contribution in [-0.2, 0) is 15.0 Å². The molecule has 1 saturated heterocycles. The molecule has 1 amide bonds. The third-order valence-electron chi connectivity index (χ3n) is 6.51. The van der Waals surface area contributed by atoms with Crippen molar-refractivity contribution in [2.45, 2.75) is 46.1 Å². The van der Waals surface area contributed by atoms with Crippen molar-refractivity contribution in [3.05, 3.63) is 100 Å². The van der Waals surface area contributed by atoms with Crippen LogP contribution in [0.1, 0.15) is 54.6 Å². The van der Waals surface area contributed by atoms with Crippen molar-refractivity contribution in [3.8, 4) is 5.75 Å². The van der Waals surface area contributed by atoms with Gasteiger partial charge < -0.3 is 9.84 Å². The average Bonchev–Trinajstić information content (AvgIpc) is 3.10. The van der Waals surface area contributed by atoms with E-state index in [2.05, 4.69) is 20.8 Å². The molecule has 35 heavy (non-hydrogen) atoms. The van der Waals surface area contributed by atoms with Crippen LogP contribution in [0.5, 0.6) is 5.75 Å². The molecule has 0 aliphatic carbocycles. The number of Topliss-reactive ketones (excluding diaryl/α,β-unsaturated/α-hetero) is 1. The summed E-state index contributed by atoms with van der Waals surface area (Å²) in [5.74, 6) is -0.960. The van der Waals surface area contributed by atoms with Gasteiger partial charge in [0.15, 0.2) is 0 Å². The van der Waals surface area contributed by atoms with Gasteiger partial charge in [-0.2, -0.15) is 0 Å². The third-order valence-corrected chi connectivity index (χ3v) is 6.51. The summed E-state index contributed by atoms with van der Waals surface area (Å²) in [7, 11) is 1.57. The first kappa shape index (κ1) is 24.3. The lowest BCUT2D eigenvalue weighted by Crippen LogP contribution is -2.29. The topological polar surface area (TPSA) is 66.8 Å². The highest BCUT2D eigenvalue weighted by Crippen LogP contribution is 2.43. The van der Waals surface area contributed by atoms with Crippen LogP contribution >= 0.6 is 0 Å². The number of nitrogens with zero attached hydrogens (tertiary/aromatic N) is 1. The SMILES string of the molecule is COc1cccc(C2/C(=C(\O)c3cc(C)ccc3C)C(=O)C(=O)N2c2ccc(C(C)(C)C)cc2)c1. The Kier molecular flexibility index (Phi) is 6.28. The fourth-order valence-corrected chi connectivity index (χ4v) is 4.48. The number of ketones is 1. The van der Waals surface area contributed by atoms with Gasteiger partial charge in [0, 0.05) is 11.3 Å². The number of amides is 1. The van der Waals surface area contributed by atoms with Crippen molar-refractivity contribution in [3.63, 3.8) is 0 Å². The van der Waals surface area contributed by atoms with Crippen LogP contribution in [-0.4, -0.2) is 23.9 Å². The van der Waals surface area contributed by atoms with Crippen molar-refractivity contribution < 1.29 is 19.4 Å². The molecular formula is C30H31NO4. The summed E-state index contributed by atoms with van der Waals surface area (Å²) in [6.07, 6.45) is 0. The molecule has 5 heteroatoms. The maximum Gasteiger partial charge on any atom is 0.300 e. The van der Waals surface area contributed by atoms with Crippen LogP contribution in [0.25, 0.3) is 5.76 Å². The number of aliphatic hydroxyl groups is 1. The van der Waals surface area contributed by atoms with E-state index in [9.17, 15) is 14.7 Å². The number of ether oxygens (including phenoxy) is 1. The van der Waals surface area contributed by atoms with Crippen LogP contribution in [0, 0.1) is 13.8 Å². The number of methoxy groups -OCH3 is 1. The first-order chi connectivity index (χ1) is 16.5. The van der Waals surface area contributed by atoms with Gasteiger partial charge in [-0.25, -0.2) is 0 Å². The van der Waals surface area contributed by atoms with Crippen LogP contribution < -0.4 is 9.64 Å². The van der Waals surface area contributed by atoms with Gasteiger partial charge in [-0.05, 0) is 66.3 Å². The molecule has 0 saturated carbocycles. The van der Waals surface area contributed by atoms with E-state index in [4.69, 9.17) is 4.74 Å². The maximum absolute atomic E-state index is 13.4. The van der Waals surface area contributed by atoms with E-state index in [1.165, 1.54) is 4.90 Å². The van der Waals surface area contributed by atoms with Gasteiger partial charge in [0.1, 0.15) is 11.5 Å². The Labute approximate surface area is 206 Å². The standard InChI is InChI=1S/C30H31NO4/c1-18-10-11-19(2)24(16-18)27(32)25-26(20-8-7-9-23(17-20)35-6)31(29(34)28(25)33)22-14-12-21(13-15-22)30(3,4)5/h7-17,26,32H,1-6H3/b27-25+. The monoisotopic (exact) mass is 469 g/mol. The second-order valence-corrected chi connectivity index (χ2v) is 10.1. The molecule has 1 heterocycles. The van der Waals surface area contributed by atoms with Gasteiger partial charge in [0.05, 0.1) is 18.7 Å². The molecule has 0 bridgehead atoms. The highest BCUT2D eigenvalue weighted by Gasteiger charge is 2.47. The van der Waals surface area contributed by atoms with Gasteiger partial charge in [-0.15, -0.1) is 0 Å². The molecule has 180 valence electrons. The number of aryl methyl sites for hydroxylation is 2. The predicted octanol–water partition coefficient (Wildman–Crippen LogP) is 6.24. The molecule has 1 aliphatic rings. The summed E-state index contributed by atoms with van der Waals surface area (Å²) < 4.78 is 5.41. The van der Waals surface area contributed by atoms with Gasteiger partial charge in [0.2, 0.25) is 0 Å². The fourth-order valence-electron chi connectivity index (χ4n) is 4.48. The molecular weight excluding hydrogens is 438 g/mol. The van der Waals surface area contributed by atoms with Gasteiger partial charge in [-0.1, -0.05) is 62.7 Å². The van der Waals surface area contributed by atoms with Gasteiger partial charge in [-0.3, -0.25) is 14.5 Å². The number of anilines is 1. The molecule has 5 nitrogen and oxygen atoms in total. The molecule has 4 rings (SSSR count). The number of benzene rings is 3. The highest BCUT2D eigenvalue weighted by molar-refractivity contribution is 6.51. The molecule has 0 spiro atoms. The lowest BCUT2D eigenvalue weighted by molar-refractivity contribution is -0.132. The summed E-state index contributed by atoms with van der Waals surface area (Å²) in [5, 5.41) is 11.4. The highest BCUT2D eigenvalue weighted by atomic mass is 16.5. The molecule has 3 aromatic carbocycles. The molecule has 1 atom stereocenters. The number of aliphatic hydroxyl groups excluding tert-OH is 1. The zero-order chi connectivity index (χ0) is 25.5. The molecule has 0 radical (unpaired) electrons. The summed E-state index contributed by atoms with van der Waals surface area (Å²) in [5.41, 5.74) is 4.70. The third kappa shape index (κ3) is 4.46. The van der Waals surface area contributed by atoms with E-state index in [0.29, 0.717) is 22.6 Å². The van der Waals surface area contributed by atoms with Gasteiger partial charge in [0.25, 0.3) is 11.7 Å².